The minimum Gasteiger partial charge on any atom is -0.492 e. The molecule has 0 saturated heterocycles. The van der Waals surface area contributed by atoms with E-state index in [2.05, 4.69) is 6.07 Å². The third-order valence-electron chi connectivity index (χ3n) is 4.40. The Kier molecular flexibility index (Phi) is 4.27. The minimum absolute atomic E-state index is 0.0161. The van der Waals surface area contributed by atoms with E-state index < -0.39 is 5.63 Å². The molecule has 0 aliphatic heterocycles. The monoisotopic (exact) mass is 300 g/mol. The van der Waals surface area contributed by atoms with Crippen LogP contribution in [-0.4, -0.2) is 12.9 Å². The third-order valence-corrected chi connectivity index (χ3v) is 4.40. The number of fused-ring (bicyclic) bond motifs is 1. The molecule has 0 spiro atoms. The van der Waals surface area contributed by atoms with Gasteiger partial charge in [0.05, 0.1) is 12.0 Å². The summed E-state index contributed by atoms with van der Waals surface area (Å²) in [6.45, 7) is 2.25. The highest BCUT2D eigenvalue weighted by atomic mass is 16.5. The molecule has 0 amide bonds. The lowest BCUT2D eigenvalue weighted by Crippen LogP contribution is -2.12. The Bertz CT molecular complexity index is 739. The molecule has 1 heterocycles. The predicted octanol–water partition coefficient (Wildman–Crippen LogP) is 4.05. The van der Waals surface area contributed by atoms with Crippen LogP contribution in [0.5, 0.6) is 5.75 Å². The van der Waals surface area contributed by atoms with Gasteiger partial charge in [0, 0.05) is 0 Å². The molecule has 0 unspecified atom stereocenters. The molecule has 4 nitrogen and oxygen atoms in total. The van der Waals surface area contributed by atoms with Gasteiger partial charge in [-0.3, -0.25) is 4.79 Å². The zero-order valence-corrected chi connectivity index (χ0v) is 12.8. The Labute approximate surface area is 129 Å². The van der Waals surface area contributed by atoms with E-state index in [0.29, 0.717) is 30.1 Å². The fourth-order valence-electron chi connectivity index (χ4n) is 3.41. The van der Waals surface area contributed by atoms with Crippen molar-refractivity contribution in [2.24, 2.45) is 0 Å². The van der Waals surface area contributed by atoms with Crippen LogP contribution in [0.3, 0.4) is 0 Å². The summed E-state index contributed by atoms with van der Waals surface area (Å²) in [4.78, 5) is 23.3. The van der Waals surface area contributed by atoms with Gasteiger partial charge in [0.15, 0.2) is 6.29 Å². The predicted molar refractivity (Wildman–Crippen MR) is 84.9 cm³/mol. The van der Waals surface area contributed by atoms with Gasteiger partial charge in [-0.25, -0.2) is 4.79 Å². The first-order valence-electron chi connectivity index (χ1n) is 7.94. The zero-order valence-electron chi connectivity index (χ0n) is 12.8. The lowest BCUT2D eigenvalue weighted by molar-refractivity contribution is 0.111. The van der Waals surface area contributed by atoms with Crippen molar-refractivity contribution in [1.29, 1.82) is 0 Å². The first-order valence-corrected chi connectivity index (χ1v) is 7.94. The van der Waals surface area contributed by atoms with Gasteiger partial charge in [-0.15, -0.1) is 0 Å². The topological polar surface area (TPSA) is 56.5 Å². The van der Waals surface area contributed by atoms with Crippen LogP contribution in [-0.2, 0) is 0 Å². The van der Waals surface area contributed by atoms with E-state index in [-0.39, 0.29) is 5.56 Å². The van der Waals surface area contributed by atoms with Gasteiger partial charge in [0.2, 0.25) is 0 Å². The van der Waals surface area contributed by atoms with Crippen LogP contribution in [0.1, 0.15) is 60.9 Å². The molecular weight excluding hydrogens is 280 g/mol. The van der Waals surface area contributed by atoms with E-state index in [0.717, 1.165) is 23.8 Å². The number of ether oxygens (including phenoxy) is 1. The van der Waals surface area contributed by atoms with Crippen LogP contribution in [0, 0.1) is 0 Å². The van der Waals surface area contributed by atoms with Gasteiger partial charge in [0.1, 0.15) is 16.9 Å². The second kappa shape index (κ2) is 6.34. The Morgan fingerprint density at radius 2 is 2.05 bits per heavy atom. The highest BCUT2D eigenvalue weighted by Gasteiger charge is 2.23. The fraction of sp³-hybridized carbons (Fsp3) is 0.444. The van der Waals surface area contributed by atoms with E-state index in [1.165, 1.54) is 19.3 Å². The Hall–Kier alpha value is -2.10. The second-order valence-corrected chi connectivity index (χ2v) is 5.74. The van der Waals surface area contributed by atoms with Gasteiger partial charge in [-0.2, -0.15) is 0 Å². The van der Waals surface area contributed by atoms with Crippen molar-refractivity contribution in [2.45, 2.75) is 44.9 Å². The summed E-state index contributed by atoms with van der Waals surface area (Å²) in [6.07, 6.45) is 6.48. The first-order chi connectivity index (χ1) is 10.8. The van der Waals surface area contributed by atoms with E-state index in [1.54, 1.807) is 6.07 Å². The molecule has 116 valence electrons. The van der Waals surface area contributed by atoms with Crippen molar-refractivity contribution in [1.82, 2.24) is 0 Å². The summed E-state index contributed by atoms with van der Waals surface area (Å²) in [5, 5.41) is 0.790. The van der Waals surface area contributed by atoms with E-state index in [4.69, 9.17) is 9.15 Å². The Morgan fingerprint density at radius 3 is 2.73 bits per heavy atom. The third kappa shape index (κ3) is 2.54. The van der Waals surface area contributed by atoms with Crippen molar-refractivity contribution >= 4 is 17.3 Å². The van der Waals surface area contributed by atoms with Gasteiger partial charge in [-0.05, 0) is 37.3 Å². The lowest BCUT2D eigenvalue weighted by Gasteiger charge is -2.24. The molecule has 1 aromatic heterocycles. The Balaban J connectivity index is 2.28. The number of carbonyl (C=O) groups is 1. The van der Waals surface area contributed by atoms with E-state index >= 15 is 0 Å². The van der Waals surface area contributed by atoms with E-state index in [1.807, 2.05) is 13.0 Å². The van der Waals surface area contributed by atoms with Crippen molar-refractivity contribution < 1.29 is 13.9 Å². The summed E-state index contributed by atoms with van der Waals surface area (Å²) >= 11 is 0. The SMILES string of the molecule is CCOc1c(C=O)c(=O)oc2cccc(C3CCCCC3)c12. The van der Waals surface area contributed by atoms with Gasteiger partial charge in [-0.1, -0.05) is 31.4 Å². The molecule has 1 aliphatic rings. The molecule has 1 saturated carbocycles. The number of hydrogen-bond donors (Lipinski definition) is 0. The average molecular weight is 300 g/mol. The molecule has 4 heteroatoms. The van der Waals surface area contributed by atoms with Crippen molar-refractivity contribution in [3.05, 3.63) is 39.7 Å². The van der Waals surface area contributed by atoms with Gasteiger partial charge >= 0.3 is 5.63 Å². The number of aldehydes is 1. The molecule has 0 N–H and O–H groups in total. The van der Waals surface area contributed by atoms with Crippen molar-refractivity contribution in [3.8, 4) is 5.75 Å². The smallest absolute Gasteiger partial charge is 0.350 e. The highest BCUT2D eigenvalue weighted by Crippen LogP contribution is 2.40. The molecule has 0 bridgehead atoms. The number of rotatable bonds is 4. The fourth-order valence-corrected chi connectivity index (χ4v) is 3.41. The highest BCUT2D eigenvalue weighted by molar-refractivity contribution is 5.94. The molecule has 1 aromatic carbocycles. The molecule has 2 aromatic rings. The lowest BCUT2D eigenvalue weighted by atomic mass is 9.82. The van der Waals surface area contributed by atoms with Crippen LogP contribution >= 0.6 is 0 Å². The maximum absolute atomic E-state index is 12.0. The summed E-state index contributed by atoms with van der Waals surface area (Å²) in [5.74, 6) is 0.814. The minimum atomic E-state index is -0.633. The number of benzene rings is 1. The van der Waals surface area contributed by atoms with Crippen LogP contribution in [0.15, 0.2) is 27.4 Å². The zero-order chi connectivity index (χ0) is 15.5. The van der Waals surface area contributed by atoms with Crippen LogP contribution in [0.2, 0.25) is 0 Å². The summed E-state index contributed by atoms with van der Waals surface area (Å²) in [5.41, 5.74) is 0.985. The second-order valence-electron chi connectivity index (χ2n) is 5.74. The van der Waals surface area contributed by atoms with Crippen LogP contribution < -0.4 is 10.4 Å². The number of hydrogen-bond acceptors (Lipinski definition) is 4. The number of carbonyl (C=O) groups excluding carboxylic acids is 1. The quantitative estimate of drug-likeness (QED) is 0.631. The standard InChI is InChI=1S/C18H20O4/c1-2-21-17-14(11-19)18(20)22-15-10-6-9-13(16(15)17)12-7-4-3-5-8-12/h6,9-12H,2-5,7-8H2,1H3. The average Bonchev–Trinajstić information content (AvgIpc) is 2.55. The maximum atomic E-state index is 12.0. The van der Waals surface area contributed by atoms with E-state index in [9.17, 15) is 9.59 Å². The summed E-state index contributed by atoms with van der Waals surface area (Å²) in [6, 6.07) is 5.74. The molecule has 0 radical (unpaired) electrons. The molecule has 1 fully saturated rings. The van der Waals surface area contributed by atoms with Gasteiger partial charge in [0.25, 0.3) is 0 Å². The molecule has 3 rings (SSSR count). The normalized spacial score (nSPS) is 15.9. The van der Waals surface area contributed by atoms with Crippen LogP contribution in [0.25, 0.3) is 11.0 Å². The molecule has 1 aliphatic carbocycles. The van der Waals surface area contributed by atoms with Crippen LogP contribution in [0.4, 0.5) is 0 Å². The molecule has 22 heavy (non-hydrogen) atoms. The molecule has 0 atom stereocenters. The molecular formula is C18H20O4. The van der Waals surface area contributed by atoms with Crippen molar-refractivity contribution in [3.63, 3.8) is 0 Å². The Morgan fingerprint density at radius 1 is 1.27 bits per heavy atom. The summed E-state index contributed by atoms with van der Waals surface area (Å²) in [7, 11) is 0. The summed E-state index contributed by atoms with van der Waals surface area (Å²) < 4.78 is 11.0. The maximum Gasteiger partial charge on any atom is 0.350 e. The largest absolute Gasteiger partial charge is 0.492 e. The first kappa shape index (κ1) is 14.8. The van der Waals surface area contributed by atoms with Crippen molar-refractivity contribution in [2.75, 3.05) is 6.61 Å². The van der Waals surface area contributed by atoms with Gasteiger partial charge < -0.3 is 9.15 Å².